The van der Waals surface area contributed by atoms with E-state index in [-0.39, 0.29) is 21.7 Å². The molecule has 0 aliphatic heterocycles. The molecule has 0 aromatic rings. The molecule has 1 heteroatoms. The van der Waals surface area contributed by atoms with Crippen molar-refractivity contribution in [2.24, 2.45) is 27.1 Å². The minimum atomic E-state index is -0.286. The molecule has 0 rings (SSSR count). The van der Waals surface area contributed by atoms with E-state index >= 15 is 0 Å². The van der Waals surface area contributed by atoms with Crippen LogP contribution in [0.25, 0.3) is 0 Å². The lowest BCUT2D eigenvalue weighted by Gasteiger charge is -2.50. The van der Waals surface area contributed by atoms with E-state index in [0.717, 1.165) is 6.42 Å². The molecule has 0 radical (unpaired) electrons. The summed E-state index contributed by atoms with van der Waals surface area (Å²) in [6.45, 7) is 27.1. The first-order valence-corrected chi connectivity index (χ1v) is 9.37. The van der Waals surface area contributed by atoms with Crippen molar-refractivity contribution < 1.29 is 4.79 Å². The van der Waals surface area contributed by atoms with Crippen molar-refractivity contribution in [1.82, 2.24) is 0 Å². The molecular weight excluding hydrogens is 280 g/mol. The van der Waals surface area contributed by atoms with E-state index in [1.54, 1.807) is 6.92 Å². The largest absolute Gasteiger partial charge is 0.299 e. The number of carbonyl (C=O) groups is 1. The Labute approximate surface area is 147 Å². The third-order valence-corrected chi connectivity index (χ3v) is 7.02. The molecular formula is C22H44O. The van der Waals surface area contributed by atoms with E-state index in [1.807, 2.05) is 0 Å². The molecule has 0 unspecified atom stereocenters. The van der Waals surface area contributed by atoms with Gasteiger partial charge in [0.05, 0.1) is 0 Å². The van der Waals surface area contributed by atoms with Crippen LogP contribution in [0.3, 0.4) is 0 Å². The van der Waals surface area contributed by atoms with Crippen LogP contribution in [0.15, 0.2) is 0 Å². The van der Waals surface area contributed by atoms with Gasteiger partial charge in [0.15, 0.2) is 0 Å². The van der Waals surface area contributed by atoms with Crippen LogP contribution in [0.5, 0.6) is 0 Å². The van der Waals surface area contributed by atoms with Crippen LogP contribution in [0.1, 0.15) is 109 Å². The van der Waals surface area contributed by atoms with E-state index in [2.05, 4.69) is 76.2 Å². The first kappa shape index (κ1) is 22.7. The van der Waals surface area contributed by atoms with Crippen molar-refractivity contribution in [3.63, 3.8) is 0 Å². The first-order valence-electron chi connectivity index (χ1n) is 9.37. The van der Waals surface area contributed by atoms with Gasteiger partial charge in [-0.25, -0.2) is 0 Å². The van der Waals surface area contributed by atoms with Crippen LogP contribution in [-0.2, 0) is 4.79 Å². The van der Waals surface area contributed by atoms with E-state index in [4.69, 9.17) is 0 Å². The molecule has 0 saturated carbocycles. The Morgan fingerprint density at radius 1 is 0.652 bits per heavy atom. The Hall–Kier alpha value is -0.330. The number of ketones is 1. The minimum Gasteiger partial charge on any atom is -0.299 e. The van der Waals surface area contributed by atoms with Gasteiger partial charge in [-0.2, -0.15) is 0 Å². The third kappa shape index (κ3) is 5.91. The van der Waals surface area contributed by atoms with E-state index in [9.17, 15) is 4.79 Å². The highest BCUT2D eigenvalue weighted by Gasteiger charge is 2.47. The Balaban J connectivity index is 5.12. The highest BCUT2D eigenvalue weighted by Crippen LogP contribution is 2.54. The molecule has 0 saturated heterocycles. The Morgan fingerprint density at radius 3 is 1.43 bits per heavy atom. The molecule has 0 heterocycles. The zero-order valence-corrected chi connectivity index (χ0v) is 18.2. The average molecular weight is 325 g/mol. The summed E-state index contributed by atoms with van der Waals surface area (Å²) in [5.74, 6) is 0.295. The fourth-order valence-electron chi connectivity index (χ4n) is 3.44. The van der Waals surface area contributed by atoms with Gasteiger partial charge >= 0.3 is 0 Å². The zero-order chi connectivity index (χ0) is 18.9. The molecule has 0 aliphatic carbocycles. The second-order valence-corrected chi connectivity index (χ2v) is 11.4. The van der Waals surface area contributed by atoms with Gasteiger partial charge in [-0.05, 0) is 47.8 Å². The van der Waals surface area contributed by atoms with E-state index < -0.39 is 0 Å². The number of Topliss-reactive ketones (excluding diaryl/α,β-unsaturated/α-hetero) is 1. The lowest BCUT2D eigenvalue weighted by Crippen LogP contribution is -2.45. The predicted molar refractivity (Wildman–Crippen MR) is 104 cm³/mol. The lowest BCUT2D eigenvalue weighted by molar-refractivity contribution is -0.133. The smallest absolute Gasteiger partial charge is 0.135 e. The van der Waals surface area contributed by atoms with Crippen LogP contribution in [0, 0.1) is 27.1 Å². The highest BCUT2D eigenvalue weighted by molar-refractivity contribution is 5.82. The van der Waals surface area contributed by atoms with Crippen molar-refractivity contribution >= 4 is 5.78 Å². The van der Waals surface area contributed by atoms with Crippen molar-refractivity contribution in [1.29, 1.82) is 0 Å². The molecule has 1 nitrogen and oxygen atoms in total. The number of hydrogen-bond donors (Lipinski definition) is 0. The molecule has 0 spiro atoms. The van der Waals surface area contributed by atoms with Gasteiger partial charge in [0.2, 0.25) is 0 Å². The Morgan fingerprint density at radius 2 is 1.09 bits per heavy atom. The molecule has 138 valence electrons. The summed E-state index contributed by atoms with van der Waals surface area (Å²) in [7, 11) is 0. The molecule has 0 bridgehead atoms. The average Bonchev–Trinajstić information content (AvgIpc) is 2.24. The molecule has 0 atom stereocenters. The monoisotopic (exact) mass is 324 g/mol. The second-order valence-electron chi connectivity index (χ2n) is 11.4. The normalized spacial score (nSPS) is 15.0. The first-order chi connectivity index (χ1) is 9.86. The number of rotatable bonds is 8. The summed E-state index contributed by atoms with van der Waals surface area (Å²) in [5.41, 5.74) is 0.578. The van der Waals surface area contributed by atoms with Crippen LogP contribution in [-0.4, -0.2) is 5.78 Å². The summed E-state index contributed by atoms with van der Waals surface area (Å²) in [5, 5.41) is 0. The summed E-state index contributed by atoms with van der Waals surface area (Å²) in [6, 6.07) is 0. The summed E-state index contributed by atoms with van der Waals surface area (Å²) >= 11 is 0. The summed E-state index contributed by atoms with van der Waals surface area (Å²) in [4.78, 5) is 12.1. The fourth-order valence-corrected chi connectivity index (χ4v) is 3.44. The SMILES string of the molecule is CC(=O)C(C)(C)C(C)(C)CC(C)(C)C(C)(C)CCCC(C)(C)C. The van der Waals surface area contributed by atoms with Crippen LogP contribution in [0.2, 0.25) is 0 Å². The topological polar surface area (TPSA) is 17.1 Å². The van der Waals surface area contributed by atoms with Gasteiger partial charge in [0, 0.05) is 5.41 Å². The standard InChI is InChI=1S/C22H44O/c1-17(23)22(11,12)21(9,10)16-20(7,8)19(5,6)15-13-14-18(2,3)4/h13-16H2,1-12H3. The Kier molecular flexibility index (Phi) is 6.79. The number of carbonyl (C=O) groups excluding carboxylic acids is 1. The van der Waals surface area contributed by atoms with Crippen molar-refractivity contribution in [2.75, 3.05) is 0 Å². The van der Waals surface area contributed by atoms with Crippen molar-refractivity contribution in [3.8, 4) is 0 Å². The summed E-state index contributed by atoms with van der Waals surface area (Å²) in [6.07, 6.45) is 4.86. The van der Waals surface area contributed by atoms with E-state index in [0.29, 0.717) is 11.2 Å². The maximum atomic E-state index is 12.1. The van der Waals surface area contributed by atoms with Crippen LogP contribution < -0.4 is 0 Å². The fraction of sp³-hybridized carbons (Fsp3) is 0.955. The number of hydrogen-bond acceptors (Lipinski definition) is 1. The molecule has 0 amide bonds. The minimum absolute atomic E-state index is 0.0103. The van der Waals surface area contributed by atoms with Crippen molar-refractivity contribution in [3.05, 3.63) is 0 Å². The molecule has 0 aliphatic rings. The van der Waals surface area contributed by atoms with Gasteiger partial charge in [-0.15, -0.1) is 0 Å². The molecule has 0 N–H and O–H groups in total. The zero-order valence-electron chi connectivity index (χ0n) is 18.2. The van der Waals surface area contributed by atoms with Crippen LogP contribution in [0.4, 0.5) is 0 Å². The maximum absolute atomic E-state index is 12.1. The molecule has 0 aromatic carbocycles. The van der Waals surface area contributed by atoms with Crippen LogP contribution >= 0.6 is 0 Å². The molecule has 23 heavy (non-hydrogen) atoms. The highest BCUT2D eigenvalue weighted by atomic mass is 16.1. The predicted octanol–water partition coefficient (Wildman–Crippen LogP) is 7.29. The van der Waals surface area contributed by atoms with Gasteiger partial charge in [0.1, 0.15) is 5.78 Å². The Bertz CT molecular complexity index is 402. The maximum Gasteiger partial charge on any atom is 0.135 e. The molecule has 0 fully saturated rings. The van der Waals surface area contributed by atoms with Gasteiger partial charge < -0.3 is 0 Å². The summed E-state index contributed by atoms with van der Waals surface area (Å²) < 4.78 is 0. The lowest BCUT2D eigenvalue weighted by atomic mass is 9.54. The third-order valence-electron chi connectivity index (χ3n) is 7.02. The quantitative estimate of drug-likeness (QED) is 0.458. The van der Waals surface area contributed by atoms with Gasteiger partial charge in [-0.1, -0.05) is 82.6 Å². The van der Waals surface area contributed by atoms with E-state index in [1.165, 1.54) is 19.3 Å². The van der Waals surface area contributed by atoms with Gasteiger partial charge in [-0.3, -0.25) is 4.79 Å². The van der Waals surface area contributed by atoms with Gasteiger partial charge in [0.25, 0.3) is 0 Å². The molecule has 0 aromatic heterocycles. The van der Waals surface area contributed by atoms with Crippen molar-refractivity contribution in [2.45, 2.75) is 109 Å². The second kappa shape index (κ2) is 6.89.